The monoisotopic (exact) mass is 426 g/mol. The summed E-state index contributed by atoms with van der Waals surface area (Å²) in [6, 6.07) is 20.5. The van der Waals surface area contributed by atoms with Crippen LogP contribution in [0.5, 0.6) is 0 Å². The second-order valence-electron chi connectivity index (χ2n) is 6.36. The highest BCUT2D eigenvalue weighted by Gasteiger charge is 2.09. The fourth-order valence-corrected chi connectivity index (χ4v) is 3.54. The summed E-state index contributed by atoms with van der Waals surface area (Å²) in [5, 5.41) is 4.43. The van der Waals surface area contributed by atoms with E-state index in [9.17, 15) is 13.2 Å². The molecule has 0 unspecified atom stereocenters. The van der Waals surface area contributed by atoms with Gasteiger partial charge >= 0.3 is 0 Å². The third-order valence-electron chi connectivity index (χ3n) is 4.08. The van der Waals surface area contributed by atoms with Crippen molar-refractivity contribution in [2.24, 2.45) is 0 Å². The van der Waals surface area contributed by atoms with Gasteiger partial charge in [0.05, 0.1) is 5.41 Å². The van der Waals surface area contributed by atoms with Gasteiger partial charge in [0.25, 0.3) is 15.9 Å². The fraction of sp³-hybridized carbons (Fsp3) is 0.0455. The molecule has 2 N–H and O–H groups in total. The van der Waals surface area contributed by atoms with Gasteiger partial charge < -0.3 is 5.32 Å². The predicted molar refractivity (Wildman–Crippen MR) is 119 cm³/mol. The van der Waals surface area contributed by atoms with Gasteiger partial charge in [0.1, 0.15) is 0 Å². The van der Waals surface area contributed by atoms with Crippen LogP contribution in [-0.4, -0.2) is 14.3 Å². The molecule has 0 saturated heterocycles. The van der Waals surface area contributed by atoms with Crippen molar-refractivity contribution < 1.29 is 13.2 Å². The zero-order valence-corrected chi connectivity index (χ0v) is 17.2. The molecule has 0 spiro atoms. The molecular formula is C22H19ClN2O3S. The molecule has 3 aromatic carbocycles. The van der Waals surface area contributed by atoms with Crippen LogP contribution in [0.25, 0.3) is 6.08 Å². The second kappa shape index (κ2) is 8.94. The van der Waals surface area contributed by atoms with E-state index < -0.39 is 10.0 Å². The Labute approximate surface area is 175 Å². The van der Waals surface area contributed by atoms with E-state index in [1.165, 1.54) is 18.2 Å². The Morgan fingerprint density at radius 1 is 0.931 bits per heavy atom. The lowest BCUT2D eigenvalue weighted by Crippen LogP contribution is -2.12. The van der Waals surface area contributed by atoms with E-state index in [0.717, 1.165) is 16.5 Å². The molecule has 3 aromatic rings. The molecule has 0 fully saturated rings. The molecule has 5 nitrogen and oxygen atoms in total. The highest BCUT2D eigenvalue weighted by Crippen LogP contribution is 2.21. The first-order valence-corrected chi connectivity index (χ1v) is 10.7. The van der Waals surface area contributed by atoms with Gasteiger partial charge in [0, 0.05) is 22.0 Å². The van der Waals surface area contributed by atoms with Crippen molar-refractivity contribution >= 4 is 45.0 Å². The van der Waals surface area contributed by atoms with Crippen LogP contribution >= 0.6 is 11.6 Å². The van der Waals surface area contributed by atoms with E-state index in [0.29, 0.717) is 22.0 Å². The molecule has 29 heavy (non-hydrogen) atoms. The number of amides is 1. The van der Waals surface area contributed by atoms with Crippen LogP contribution in [0.4, 0.5) is 11.4 Å². The van der Waals surface area contributed by atoms with Gasteiger partial charge in [-0.3, -0.25) is 9.52 Å². The van der Waals surface area contributed by atoms with Crippen molar-refractivity contribution in [3.8, 4) is 0 Å². The van der Waals surface area contributed by atoms with Crippen LogP contribution in [0.2, 0.25) is 5.02 Å². The van der Waals surface area contributed by atoms with E-state index in [-0.39, 0.29) is 5.91 Å². The number of hydrogen-bond donors (Lipinski definition) is 2. The molecule has 0 atom stereocenters. The van der Waals surface area contributed by atoms with E-state index in [1.54, 1.807) is 36.4 Å². The SMILES string of the molecule is Cc1ccc(NC(=O)c2ccc(NS(=O)(=O)/C=C/c3ccccc3)cc2)cc1Cl. The van der Waals surface area contributed by atoms with Gasteiger partial charge in [0.2, 0.25) is 0 Å². The minimum Gasteiger partial charge on any atom is -0.322 e. The molecule has 0 aromatic heterocycles. The van der Waals surface area contributed by atoms with Gasteiger partial charge in [0.15, 0.2) is 0 Å². The number of anilines is 2. The van der Waals surface area contributed by atoms with E-state index >= 15 is 0 Å². The first-order valence-electron chi connectivity index (χ1n) is 8.76. The molecule has 0 radical (unpaired) electrons. The minimum absolute atomic E-state index is 0.316. The molecule has 0 aliphatic heterocycles. The van der Waals surface area contributed by atoms with Crippen LogP contribution in [-0.2, 0) is 10.0 Å². The molecular weight excluding hydrogens is 408 g/mol. The van der Waals surface area contributed by atoms with Crippen LogP contribution in [0.15, 0.2) is 78.2 Å². The fourth-order valence-electron chi connectivity index (χ4n) is 2.49. The summed E-state index contributed by atoms with van der Waals surface area (Å²) in [6.45, 7) is 1.88. The van der Waals surface area contributed by atoms with E-state index in [4.69, 9.17) is 11.6 Å². The molecule has 1 amide bonds. The minimum atomic E-state index is -3.67. The zero-order valence-electron chi connectivity index (χ0n) is 15.6. The smallest absolute Gasteiger partial charge is 0.255 e. The first kappa shape index (κ1) is 20.6. The second-order valence-corrected chi connectivity index (χ2v) is 8.33. The Morgan fingerprint density at radius 3 is 2.24 bits per heavy atom. The maximum absolute atomic E-state index is 12.4. The van der Waals surface area contributed by atoms with E-state index in [2.05, 4.69) is 10.0 Å². The maximum atomic E-state index is 12.4. The van der Waals surface area contributed by atoms with Crippen LogP contribution < -0.4 is 10.0 Å². The number of sulfonamides is 1. The first-order chi connectivity index (χ1) is 13.8. The highest BCUT2D eigenvalue weighted by molar-refractivity contribution is 7.95. The molecule has 0 bridgehead atoms. The Kier molecular flexibility index (Phi) is 6.36. The number of aryl methyl sites for hydroxylation is 1. The van der Waals surface area contributed by atoms with Gasteiger partial charge in [-0.1, -0.05) is 48.0 Å². The quantitative estimate of drug-likeness (QED) is 0.560. The molecule has 148 valence electrons. The van der Waals surface area contributed by atoms with Crippen molar-refractivity contribution in [2.75, 3.05) is 10.0 Å². The number of hydrogen-bond acceptors (Lipinski definition) is 3. The van der Waals surface area contributed by atoms with Crippen molar-refractivity contribution in [1.82, 2.24) is 0 Å². The van der Waals surface area contributed by atoms with Crippen molar-refractivity contribution in [3.63, 3.8) is 0 Å². The van der Waals surface area contributed by atoms with E-state index in [1.807, 2.05) is 31.2 Å². The Morgan fingerprint density at radius 2 is 1.59 bits per heavy atom. The summed E-state index contributed by atoms with van der Waals surface area (Å²) in [4.78, 5) is 12.4. The van der Waals surface area contributed by atoms with Crippen LogP contribution in [0.1, 0.15) is 21.5 Å². The Hall–Kier alpha value is -3.09. The number of benzene rings is 3. The van der Waals surface area contributed by atoms with Crippen molar-refractivity contribution in [2.45, 2.75) is 6.92 Å². The third kappa shape index (κ3) is 5.94. The normalized spacial score (nSPS) is 11.4. The number of carbonyl (C=O) groups is 1. The molecule has 0 aliphatic rings. The summed E-state index contributed by atoms with van der Waals surface area (Å²) >= 11 is 6.07. The molecule has 3 rings (SSSR count). The summed E-state index contributed by atoms with van der Waals surface area (Å²) in [5.41, 5.74) is 3.03. The van der Waals surface area contributed by atoms with Crippen LogP contribution in [0, 0.1) is 6.92 Å². The zero-order chi connectivity index (χ0) is 20.9. The summed E-state index contributed by atoms with van der Waals surface area (Å²) in [7, 11) is -3.67. The summed E-state index contributed by atoms with van der Waals surface area (Å²) in [5.74, 6) is -0.316. The lowest BCUT2D eigenvalue weighted by Gasteiger charge is -2.08. The number of rotatable bonds is 6. The van der Waals surface area contributed by atoms with Crippen LogP contribution in [0.3, 0.4) is 0 Å². The largest absolute Gasteiger partial charge is 0.322 e. The molecule has 0 saturated carbocycles. The van der Waals surface area contributed by atoms with Gasteiger partial charge in [-0.2, -0.15) is 0 Å². The van der Waals surface area contributed by atoms with Gasteiger partial charge in [-0.05, 0) is 60.5 Å². The molecule has 0 aliphatic carbocycles. The van der Waals surface area contributed by atoms with Crippen molar-refractivity contribution in [1.29, 1.82) is 0 Å². The predicted octanol–water partition coefficient (Wildman–Crippen LogP) is 5.31. The molecule has 0 heterocycles. The number of nitrogens with one attached hydrogen (secondary N) is 2. The highest BCUT2D eigenvalue weighted by atomic mass is 35.5. The topological polar surface area (TPSA) is 75.3 Å². The molecule has 7 heteroatoms. The maximum Gasteiger partial charge on any atom is 0.255 e. The summed E-state index contributed by atoms with van der Waals surface area (Å²) in [6.07, 6.45) is 1.51. The Bertz CT molecular complexity index is 1140. The van der Waals surface area contributed by atoms with Gasteiger partial charge in [-0.25, -0.2) is 8.42 Å². The number of halogens is 1. The average molecular weight is 427 g/mol. The average Bonchev–Trinajstić information content (AvgIpc) is 2.70. The summed E-state index contributed by atoms with van der Waals surface area (Å²) < 4.78 is 26.9. The lowest BCUT2D eigenvalue weighted by molar-refractivity contribution is 0.102. The van der Waals surface area contributed by atoms with Gasteiger partial charge in [-0.15, -0.1) is 0 Å². The lowest BCUT2D eigenvalue weighted by atomic mass is 10.2. The standard InChI is InChI=1S/C22H19ClN2O3S/c1-16-7-10-20(15-21(16)23)24-22(26)18-8-11-19(12-9-18)25-29(27,28)14-13-17-5-3-2-4-6-17/h2-15,25H,1H3,(H,24,26)/b14-13+. The Balaban J connectivity index is 1.65. The number of carbonyl (C=O) groups excluding carboxylic acids is 1. The van der Waals surface area contributed by atoms with Crippen molar-refractivity contribution in [3.05, 3.63) is 99.9 Å². The third-order valence-corrected chi connectivity index (χ3v) is 5.50.